The lowest BCUT2D eigenvalue weighted by atomic mass is 9.73. The summed E-state index contributed by atoms with van der Waals surface area (Å²) in [7, 11) is 0. The van der Waals surface area contributed by atoms with Crippen LogP contribution < -0.4 is 0 Å². The average molecular weight is 1280 g/mol. The summed E-state index contributed by atoms with van der Waals surface area (Å²) < 4.78 is 0. The highest BCUT2D eigenvalue weighted by Gasteiger charge is 2.41. The molecule has 0 heteroatoms. The van der Waals surface area contributed by atoms with Gasteiger partial charge in [-0.2, -0.15) is 0 Å². The molecule has 0 saturated heterocycles. The number of fused-ring (bicyclic) bond motifs is 6. The molecule has 10 aromatic carbocycles. The third-order valence-corrected chi connectivity index (χ3v) is 20.8. The van der Waals surface area contributed by atoms with Gasteiger partial charge in [-0.05, 0) is 251 Å². The van der Waals surface area contributed by atoms with E-state index in [2.05, 4.69) is 379 Å². The van der Waals surface area contributed by atoms with Crippen molar-refractivity contribution >= 4 is 6.08 Å². The molecule has 0 aliphatic heterocycles. The largest absolute Gasteiger partial charge is 0.0839 e. The van der Waals surface area contributed by atoms with Crippen LogP contribution in [0, 0.1) is 0 Å². The lowest BCUT2D eigenvalue weighted by molar-refractivity contribution is 0.588. The standard InChI is InChI=1S/C49H52.C33H34.C16H20/c1-47(2,3)36-26-24-35(25-27-36)45(34-22-16-17-23-34)46-41-28-37(32-18-12-10-13-19-32)43(48(4,5)6)30-39(41)40-31-44(49(7,8)9)38(29-42(40)46)33-20-14-11-15-21-33;1-32(2,3)30-20-26-24(18-28(30)22-13-9-7-10-14-22)17-25-19-29(23-15-11-8-12-16-23)31(21-27(25)26)33(4,5)6;1-16(2,3)15-10-8-14(9-11-15)12-13-6-4-5-7-13/h10-16,18-31,45-46H,17H2,1-9H3;7-16,18-21H,17H2,1-6H3;4,6,8-12H,5,7H2,1-3H3/b;;13-12-. The molecule has 0 amide bonds. The summed E-state index contributed by atoms with van der Waals surface area (Å²) in [6, 6.07) is 82.5. The highest BCUT2D eigenvalue weighted by Crippen LogP contribution is 2.58. The molecule has 0 fully saturated rings. The normalized spacial score (nSPS) is 15.0. The van der Waals surface area contributed by atoms with Gasteiger partial charge >= 0.3 is 0 Å². The Labute approximate surface area is 590 Å². The summed E-state index contributed by atoms with van der Waals surface area (Å²) >= 11 is 0. The first kappa shape index (κ1) is 69.1. The molecular formula is C98H106. The highest BCUT2D eigenvalue weighted by molar-refractivity contribution is 5.90. The van der Waals surface area contributed by atoms with E-state index in [9.17, 15) is 0 Å². The molecule has 0 heterocycles. The molecule has 4 aliphatic rings. The zero-order valence-corrected chi connectivity index (χ0v) is 62.2. The van der Waals surface area contributed by atoms with E-state index in [1.165, 1.54) is 158 Å². The first-order chi connectivity index (χ1) is 46.4. The maximum absolute atomic E-state index is 2.57. The molecule has 498 valence electrons. The molecule has 1 atom stereocenters. The monoisotopic (exact) mass is 1280 g/mol. The van der Waals surface area contributed by atoms with E-state index in [1.807, 2.05) is 0 Å². The van der Waals surface area contributed by atoms with E-state index in [0.717, 1.165) is 12.8 Å². The van der Waals surface area contributed by atoms with Crippen molar-refractivity contribution in [1.29, 1.82) is 0 Å². The summed E-state index contributed by atoms with van der Waals surface area (Å²) in [6.45, 7) is 41.8. The molecule has 1 unspecified atom stereocenters. The second-order valence-electron chi connectivity index (χ2n) is 34.4. The van der Waals surface area contributed by atoms with Gasteiger partial charge in [0.05, 0.1) is 0 Å². The molecular weight excluding hydrogens is 1180 g/mol. The maximum atomic E-state index is 2.57. The molecule has 4 aliphatic carbocycles. The second kappa shape index (κ2) is 27.1. The van der Waals surface area contributed by atoms with E-state index in [1.54, 1.807) is 0 Å². The summed E-state index contributed by atoms with van der Waals surface area (Å²) in [5.41, 5.74) is 36.5. The van der Waals surface area contributed by atoms with Crippen molar-refractivity contribution in [3.05, 3.63) is 327 Å². The van der Waals surface area contributed by atoms with Crippen molar-refractivity contribution in [3.63, 3.8) is 0 Å². The second-order valence-corrected chi connectivity index (χ2v) is 34.4. The molecule has 0 bridgehead atoms. The quantitative estimate of drug-likeness (QED) is 0.142. The summed E-state index contributed by atoms with van der Waals surface area (Å²) in [5, 5.41) is 0. The zero-order chi connectivity index (χ0) is 69.7. The number of benzene rings is 10. The first-order valence-electron chi connectivity index (χ1n) is 36.3. The minimum Gasteiger partial charge on any atom is -0.0839 e. The van der Waals surface area contributed by atoms with Crippen molar-refractivity contribution in [3.8, 4) is 66.8 Å². The molecule has 0 N–H and O–H groups in total. The Morgan fingerprint density at radius 2 is 0.694 bits per heavy atom. The van der Waals surface area contributed by atoms with Gasteiger partial charge in [-0.3, -0.25) is 0 Å². The summed E-state index contributed by atoms with van der Waals surface area (Å²) in [6.07, 6.45) is 18.3. The molecule has 10 aromatic rings. The number of hydrogen-bond acceptors (Lipinski definition) is 0. The van der Waals surface area contributed by atoms with Crippen LogP contribution in [0.4, 0.5) is 0 Å². The predicted octanol–water partition coefficient (Wildman–Crippen LogP) is 27.6. The number of rotatable bonds is 8. The van der Waals surface area contributed by atoms with Gasteiger partial charge < -0.3 is 0 Å². The molecule has 0 nitrogen and oxygen atoms in total. The summed E-state index contributed by atoms with van der Waals surface area (Å²) in [5.74, 6) is 0.369. The van der Waals surface area contributed by atoms with E-state index in [0.29, 0.717) is 0 Å². The van der Waals surface area contributed by atoms with Gasteiger partial charge in [0.25, 0.3) is 0 Å². The molecule has 98 heavy (non-hydrogen) atoms. The third kappa shape index (κ3) is 14.8. The van der Waals surface area contributed by atoms with Gasteiger partial charge in [0.15, 0.2) is 0 Å². The van der Waals surface area contributed by atoms with Crippen molar-refractivity contribution in [2.24, 2.45) is 0 Å². The Hall–Kier alpha value is -8.84. The lowest BCUT2D eigenvalue weighted by Gasteiger charge is -2.30. The highest BCUT2D eigenvalue weighted by atomic mass is 14.4. The Balaban J connectivity index is 0.000000159. The number of hydrogen-bond donors (Lipinski definition) is 0. The van der Waals surface area contributed by atoms with Crippen LogP contribution in [-0.2, 0) is 38.9 Å². The molecule has 0 radical (unpaired) electrons. The molecule has 0 aromatic heterocycles. The Bertz CT molecular complexity index is 4420. The van der Waals surface area contributed by atoms with Gasteiger partial charge in [-0.25, -0.2) is 0 Å². The van der Waals surface area contributed by atoms with Crippen LogP contribution >= 0.6 is 0 Å². The van der Waals surface area contributed by atoms with Crippen molar-refractivity contribution in [2.75, 3.05) is 0 Å². The van der Waals surface area contributed by atoms with Crippen LogP contribution in [0.15, 0.2) is 260 Å². The molecule has 0 saturated carbocycles. The fourth-order valence-electron chi connectivity index (χ4n) is 15.4. The average Bonchev–Trinajstić information content (AvgIpc) is 1.55. The van der Waals surface area contributed by atoms with Crippen LogP contribution in [0.2, 0.25) is 0 Å². The molecule has 14 rings (SSSR count). The van der Waals surface area contributed by atoms with E-state index < -0.39 is 0 Å². The predicted molar refractivity (Wildman–Crippen MR) is 426 cm³/mol. The van der Waals surface area contributed by atoms with E-state index >= 15 is 0 Å². The minimum atomic E-state index is -0.0196. The number of allylic oxidation sites excluding steroid dienone is 7. The van der Waals surface area contributed by atoms with Gasteiger partial charge in [-0.1, -0.05) is 331 Å². The van der Waals surface area contributed by atoms with E-state index in [4.69, 9.17) is 0 Å². The maximum Gasteiger partial charge on any atom is 0.0211 e. The Kier molecular flexibility index (Phi) is 19.1. The summed E-state index contributed by atoms with van der Waals surface area (Å²) in [4.78, 5) is 0. The van der Waals surface area contributed by atoms with Gasteiger partial charge in [0.2, 0.25) is 0 Å². The minimum absolute atomic E-state index is 0.0196. The lowest BCUT2D eigenvalue weighted by Crippen LogP contribution is -2.16. The zero-order valence-electron chi connectivity index (χ0n) is 62.2. The third-order valence-electron chi connectivity index (χ3n) is 20.8. The smallest absolute Gasteiger partial charge is 0.0211 e. The van der Waals surface area contributed by atoms with Gasteiger partial charge in [0.1, 0.15) is 0 Å². The van der Waals surface area contributed by atoms with Crippen molar-refractivity contribution in [2.45, 2.75) is 195 Å². The topological polar surface area (TPSA) is 0 Å². The van der Waals surface area contributed by atoms with Crippen molar-refractivity contribution < 1.29 is 0 Å². The van der Waals surface area contributed by atoms with Gasteiger partial charge in [-0.15, -0.1) is 0 Å². The van der Waals surface area contributed by atoms with Crippen LogP contribution in [0.1, 0.15) is 222 Å². The van der Waals surface area contributed by atoms with Gasteiger partial charge in [0, 0.05) is 11.8 Å². The first-order valence-corrected chi connectivity index (χ1v) is 36.3. The Morgan fingerprint density at radius 3 is 1.02 bits per heavy atom. The Morgan fingerprint density at radius 1 is 0.337 bits per heavy atom. The van der Waals surface area contributed by atoms with Crippen LogP contribution in [0.25, 0.3) is 72.8 Å². The fraction of sp³-hybridized carbons (Fsp3) is 0.306. The molecule has 0 spiro atoms. The van der Waals surface area contributed by atoms with Crippen molar-refractivity contribution in [1.82, 2.24) is 0 Å². The van der Waals surface area contributed by atoms with Crippen LogP contribution in [0.3, 0.4) is 0 Å². The van der Waals surface area contributed by atoms with Crippen LogP contribution in [0.5, 0.6) is 0 Å². The fourth-order valence-corrected chi connectivity index (χ4v) is 15.4. The SMILES string of the molecule is CC(C)(C)c1cc2c(cc1-c1ccccc1)Cc1cc(-c3ccccc3)c(C(C)(C)C)cc1-2.CC(C)(C)c1ccc(/C=C2/C=CCC2)cc1.CC(C)(C)c1ccc(C(C2=CCC=C2)C2c3cc(-c4ccccc4)c(C(C)(C)C)cc3-c3cc(C(C)(C)C)c(-c4ccccc4)cc32)cc1. The van der Waals surface area contributed by atoms with Crippen LogP contribution in [-0.4, -0.2) is 0 Å². The van der Waals surface area contributed by atoms with E-state index in [-0.39, 0.29) is 44.3 Å².